The maximum Gasteiger partial charge on any atom is 0.338 e. The van der Waals surface area contributed by atoms with Crippen LogP contribution in [-0.4, -0.2) is 63.8 Å². The van der Waals surface area contributed by atoms with Gasteiger partial charge in [-0.15, -0.1) is 0 Å². The summed E-state index contributed by atoms with van der Waals surface area (Å²) in [5, 5.41) is 12.6. The van der Waals surface area contributed by atoms with Gasteiger partial charge < -0.3 is 24.6 Å². The van der Waals surface area contributed by atoms with Crippen LogP contribution in [0.15, 0.2) is 0 Å². The van der Waals surface area contributed by atoms with Crippen LogP contribution in [0.25, 0.3) is 0 Å². The van der Waals surface area contributed by atoms with E-state index in [-0.39, 0.29) is 12.6 Å². The Morgan fingerprint density at radius 3 is 2.50 bits per heavy atom. The number of methoxy groups -OCH3 is 3. The van der Waals surface area contributed by atoms with Crippen LogP contribution in [-0.2, 0) is 19.0 Å². The number of hydrogen-bond donors (Lipinski definition) is 2. The third-order valence-corrected chi connectivity index (χ3v) is 2.15. The van der Waals surface area contributed by atoms with Gasteiger partial charge in [-0.2, -0.15) is 0 Å². The van der Waals surface area contributed by atoms with E-state index in [1.54, 1.807) is 14.2 Å². The first-order valence-electron chi connectivity index (χ1n) is 5.01. The van der Waals surface area contributed by atoms with E-state index in [0.29, 0.717) is 13.2 Å². The van der Waals surface area contributed by atoms with Crippen molar-refractivity contribution in [2.75, 3.05) is 41.0 Å². The molecule has 0 aromatic carbocycles. The molecule has 0 aromatic heterocycles. The Balaban J connectivity index is 3.91. The number of aliphatic hydroxyl groups is 1. The van der Waals surface area contributed by atoms with Gasteiger partial charge in [-0.05, 0) is 6.92 Å². The molecule has 2 N–H and O–H groups in total. The highest BCUT2D eigenvalue weighted by Gasteiger charge is 2.30. The summed E-state index contributed by atoms with van der Waals surface area (Å²) in [5.74, 6) is -0.666. The average Bonchev–Trinajstić information content (AvgIpc) is 2.26. The molecule has 0 saturated heterocycles. The molecule has 0 aliphatic rings. The highest BCUT2D eigenvalue weighted by atomic mass is 16.5. The maximum absolute atomic E-state index is 11.1. The topological polar surface area (TPSA) is 77.0 Å². The van der Waals surface area contributed by atoms with Crippen LogP contribution in [0.2, 0.25) is 0 Å². The molecule has 0 radical (unpaired) electrons. The summed E-state index contributed by atoms with van der Waals surface area (Å²) in [4.78, 5) is 11.1. The van der Waals surface area contributed by atoms with Gasteiger partial charge in [0.15, 0.2) is 5.60 Å². The maximum atomic E-state index is 11.1. The normalized spacial score (nSPS) is 16.6. The van der Waals surface area contributed by atoms with Gasteiger partial charge in [0.05, 0.1) is 19.8 Å². The first-order valence-corrected chi connectivity index (χ1v) is 5.01. The Bertz CT molecular complexity index is 207. The molecule has 2 unspecified atom stereocenters. The van der Waals surface area contributed by atoms with Gasteiger partial charge in [-0.1, -0.05) is 0 Å². The monoisotopic (exact) mass is 235 g/mol. The minimum absolute atomic E-state index is 0.100. The van der Waals surface area contributed by atoms with E-state index in [1.807, 2.05) is 0 Å². The van der Waals surface area contributed by atoms with E-state index in [9.17, 15) is 9.90 Å². The number of nitrogens with one attached hydrogen (secondary N) is 1. The summed E-state index contributed by atoms with van der Waals surface area (Å²) >= 11 is 0. The van der Waals surface area contributed by atoms with Crippen molar-refractivity contribution < 1.29 is 24.1 Å². The van der Waals surface area contributed by atoms with Crippen molar-refractivity contribution in [3.05, 3.63) is 0 Å². The van der Waals surface area contributed by atoms with Crippen molar-refractivity contribution in [3.63, 3.8) is 0 Å². The highest BCUT2D eigenvalue weighted by Crippen LogP contribution is 2.03. The molecule has 0 rings (SSSR count). The molecular weight excluding hydrogens is 214 g/mol. The molecule has 0 aliphatic heterocycles. The van der Waals surface area contributed by atoms with Crippen LogP contribution in [0.4, 0.5) is 0 Å². The molecule has 0 fully saturated rings. The van der Waals surface area contributed by atoms with E-state index in [2.05, 4.69) is 10.1 Å². The molecule has 0 aliphatic carbocycles. The molecule has 0 saturated carbocycles. The number of carbonyl (C=O) groups is 1. The van der Waals surface area contributed by atoms with Crippen LogP contribution >= 0.6 is 0 Å². The molecule has 2 atom stereocenters. The van der Waals surface area contributed by atoms with Crippen molar-refractivity contribution in [2.24, 2.45) is 0 Å². The minimum Gasteiger partial charge on any atom is -0.467 e. The van der Waals surface area contributed by atoms with Gasteiger partial charge in [-0.25, -0.2) is 4.79 Å². The number of carbonyl (C=O) groups excluding carboxylic acids is 1. The Morgan fingerprint density at radius 1 is 1.44 bits per heavy atom. The fourth-order valence-corrected chi connectivity index (χ4v) is 1.16. The standard InChI is InChI=1S/C10H21NO5/c1-10(13,9(12)16-4)7-11-5-8(15-3)6-14-2/h8,11,13H,5-7H2,1-4H3. The molecule has 16 heavy (non-hydrogen) atoms. The van der Waals surface area contributed by atoms with Gasteiger partial charge in [0.25, 0.3) is 0 Å². The molecule has 0 spiro atoms. The fourth-order valence-electron chi connectivity index (χ4n) is 1.16. The molecule has 0 bridgehead atoms. The number of rotatable bonds is 8. The summed E-state index contributed by atoms with van der Waals surface area (Å²) in [6.45, 7) is 2.43. The zero-order valence-electron chi connectivity index (χ0n) is 10.3. The lowest BCUT2D eigenvalue weighted by Crippen LogP contribution is -2.47. The molecule has 0 heterocycles. The van der Waals surface area contributed by atoms with E-state index >= 15 is 0 Å². The number of hydrogen-bond acceptors (Lipinski definition) is 6. The fraction of sp³-hybridized carbons (Fsp3) is 0.900. The van der Waals surface area contributed by atoms with Crippen molar-refractivity contribution in [3.8, 4) is 0 Å². The smallest absolute Gasteiger partial charge is 0.338 e. The third kappa shape index (κ3) is 5.41. The van der Waals surface area contributed by atoms with Gasteiger partial charge in [0, 0.05) is 27.3 Å². The quantitative estimate of drug-likeness (QED) is 0.534. The van der Waals surface area contributed by atoms with Gasteiger partial charge in [0.1, 0.15) is 0 Å². The minimum atomic E-state index is -1.53. The van der Waals surface area contributed by atoms with Crippen LogP contribution in [0, 0.1) is 0 Å². The lowest BCUT2D eigenvalue weighted by Gasteiger charge is -2.22. The predicted molar refractivity (Wildman–Crippen MR) is 58.2 cm³/mol. The molecule has 0 aromatic rings. The molecule has 0 amide bonds. The van der Waals surface area contributed by atoms with E-state index in [1.165, 1.54) is 14.0 Å². The van der Waals surface area contributed by atoms with Crippen LogP contribution < -0.4 is 5.32 Å². The second-order valence-electron chi connectivity index (χ2n) is 3.71. The molecular formula is C10H21NO5. The summed E-state index contributed by atoms with van der Waals surface area (Å²) in [6.07, 6.45) is -0.113. The lowest BCUT2D eigenvalue weighted by atomic mass is 10.1. The SMILES string of the molecule is COCC(CNCC(C)(O)C(=O)OC)OC. The molecule has 96 valence electrons. The first kappa shape index (κ1) is 15.3. The van der Waals surface area contributed by atoms with Crippen molar-refractivity contribution in [2.45, 2.75) is 18.6 Å². The number of esters is 1. The van der Waals surface area contributed by atoms with Crippen molar-refractivity contribution in [1.82, 2.24) is 5.32 Å². The number of ether oxygens (including phenoxy) is 3. The van der Waals surface area contributed by atoms with E-state index in [4.69, 9.17) is 9.47 Å². The highest BCUT2D eigenvalue weighted by molar-refractivity contribution is 5.78. The van der Waals surface area contributed by atoms with Crippen molar-refractivity contribution in [1.29, 1.82) is 0 Å². The van der Waals surface area contributed by atoms with Crippen LogP contribution in [0.5, 0.6) is 0 Å². The Labute approximate surface area is 95.9 Å². The van der Waals surface area contributed by atoms with Gasteiger partial charge >= 0.3 is 5.97 Å². The van der Waals surface area contributed by atoms with E-state index in [0.717, 1.165) is 0 Å². The third-order valence-electron chi connectivity index (χ3n) is 2.15. The lowest BCUT2D eigenvalue weighted by molar-refractivity contribution is -0.160. The summed E-state index contributed by atoms with van der Waals surface area (Å²) in [6, 6.07) is 0. The van der Waals surface area contributed by atoms with Crippen LogP contribution in [0.1, 0.15) is 6.92 Å². The Morgan fingerprint density at radius 2 is 2.06 bits per heavy atom. The van der Waals surface area contributed by atoms with E-state index < -0.39 is 11.6 Å². The average molecular weight is 235 g/mol. The Hall–Kier alpha value is -0.690. The zero-order valence-corrected chi connectivity index (χ0v) is 10.3. The second kappa shape index (κ2) is 7.56. The largest absolute Gasteiger partial charge is 0.467 e. The van der Waals surface area contributed by atoms with Gasteiger partial charge in [-0.3, -0.25) is 0 Å². The summed E-state index contributed by atoms with van der Waals surface area (Å²) < 4.78 is 14.5. The van der Waals surface area contributed by atoms with Crippen molar-refractivity contribution >= 4 is 5.97 Å². The Kier molecular flexibility index (Phi) is 7.24. The van der Waals surface area contributed by atoms with Gasteiger partial charge in [0.2, 0.25) is 0 Å². The van der Waals surface area contributed by atoms with Crippen LogP contribution in [0.3, 0.4) is 0 Å². The second-order valence-corrected chi connectivity index (χ2v) is 3.71. The predicted octanol–water partition coefficient (Wildman–Crippen LogP) is -0.839. The first-order chi connectivity index (χ1) is 7.47. The molecule has 6 heteroatoms. The summed E-state index contributed by atoms with van der Waals surface area (Å²) in [7, 11) is 4.39. The zero-order chi connectivity index (χ0) is 12.6. The summed E-state index contributed by atoms with van der Waals surface area (Å²) in [5.41, 5.74) is -1.53. The molecule has 6 nitrogen and oxygen atoms in total.